The fourth-order valence-electron chi connectivity index (χ4n) is 1.76. The molecule has 0 saturated heterocycles. The van der Waals surface area contributed by atoms with Gasteiger partial charge in [-0.05, 0) is 35.1 Å². The normalized spacial score (nSPS) is 13.0. The average molecular weight is 156 g/mol. The highest BCUT2D eigenvalue weighted by Crippen LogP contribution is 2.30. The summed E-state index contributed by atoms with van der Waals surface area (Å²) in [6.07, 6.45) is 6.27. The molecule has 0 aliphatic heterocycles. The molecule has 2 rings (SSSR count). The van der Waals surface area contributed by atoms with Crippen LogP contribution in [0.25, 0.3) is 12.2 Å². The summed E-state index contributed by atoms with van der Waals surface area (Å²) in [6, 6.07) is 4.32. The Bertz CT molecular complexity index is 345. The molecule has 0 unspecified atom stereocenters. The summed E-state index contributed by atoms with van der Waals surface area (Å²) in [7, 11) is 0. The highest BCUT2D eigenvalue weighted by molar-refractivity contribution is 5.69. The summed E-state index contributed by atoms with van der Waals surface area (Å²) in [5.41, 5.74) is 5.45. The van der Waals surface area contributed by atoms with Gasteiger partial charge in [0.15, 0.2) is 0 Å². The van der Waals surface area contributed by atoms with E-state index in [1.54, 1.807) is 0 Å². The van der Waals surface area contributed by atoms with E-state index in [2.05, 4.69) is 25.3 Å². The lowest BCUT2D eigenvalue weighted by atomic mass is 9.82. The monoisotopic (exact) mass is 156 g/mol. The van der Waals surface area contributed by atoms with Gasteiger partial charge in [0.25, 0.3) is 0 Å². The molecule has 0 nitrogen and oxygen atoms in total. The summed E-state index contributed by atoms with van der Waals surface area (Å²) >= 11 is 0. The van der Waals surface area contributed by atoms with Crippen LogP contribution in [0.5, 0.6) is 0 Å². The number of hydrogen-bond acceptors (Lipinski definition) is 0. The lowest BCUT2D eigenvalue weighted by molar-refractivity contribution is 0.835. The summed E-state index contributed by atoms with van der Waals surface area (Å²) < 4.78 is 0. The minimum absolute atomic E-state index is 1.21. The van der Waals surface area contributed by atoms with Crippen LogP contribution in [0.2, 0.25) is 0 Å². The molecule has 1 aliphatic carbocycles. The third-order valence-corrected chi connectivity index (χ3v) is 2.56. The van der Waals surface area contributed by atoms with Gasteiger partial charge in [-0.1, -0.05) is 37.4 Å². The maximum Gasteiger partial charge on any atom is -0.0155 e. The molecule has 12 heavy (non-hydrogen) atoms. The standard InChI is InChI=1S/C12H12/c1-3-9-5-6-10-7-8-12(10)11(9)4-2/h3-6H,1-2,7-8H2. The summed E-state index contributed by atoms with van der Waals surface area (Å²) in [4.78, 5) is 0. The number of hydrogen-bond donors (Lipinski definition) is 0. The predicted octanol–water partition coefficient (Wildman–Crippen LogP) is 3.07. The number of benzene rings is 1. The molecule has 0 heteroatoms. The summed E-state index contributed by atoms with van der Waals surface area (Å²) in [5, 5.41) is 0. The van der Waals surface area contributed by atoms with Crippen molar-refractivity contribution in [3.05, 3.63) is 47.5 Å². The summed E-state index contributed by atoms with van der Waals surface area (Å²) in [6.45, 7) is 7.61. The van der Waals surface area contributed by atoms with Crippen molar-refractivity contribution in [2.24, 2.45) is 0 Å². The van der Waals surface area contributed by atoms with Gasteiger partial charge in [0.1, 0.15) is 0 Å². The minimum atomic E-state index is 1.21. The van der Waals surface area contributed by atoms with E-state index in [0.29, 0.717) is 0 Å². The zero-order chi connectivity index (χ0) is 8.55. The van der Waals surface area contributed by atoms with Crippen LogP contribution >= 0.6 is 0 Å². The average Bonchev–Trinajstić information content (AvgIpc) is 2.06. The lowest BCUT2D eigenvalue weighted by Crippen LogP contribution is -2.10. The number of rotatable bonds is 2. The van der Waals surface area contributed by atoms with Gasteiger partial charge >= 0.3 is 0 Å². The zero-order valence-electron chi connectivity index (χ0n) is 7.14. The Morgan fingerprint density at radius 3 is 2.42 bits per heavy atom. The van der Waals surface area contributed by atoms with E-state index in [9.17, 15) is 0 Å². The largest absolute Gasteiger partial charge is 0.0984 e. The van der Waals surface area contributed by atoms with E-state index in [4.69, 9.17) is 0 Å². The van der Waals surface area contributed by atoms with Crippen molar-refractivity contribution >= 4 is 12.2 Å². The molecular formula is C12H12. The molecule has 0 bridgehead atoms. The molecule has 0 radical (unpaired) electrons. The fraction of sp³-hybridized carbons (Fsp3) is 0.167. The molecule has 0 fully saturated rings. The quantitative estimate of drug-likeness (QED) is 0.617. The third-order valence-electron chi connectivity index (χ3n) is 2.56. The van der Waals surface area contributed by atoms with E-state index in [1.807, 2.05) is 12.2 Å². The Morgan fingerprint density at radius 2 is 1.92 bits per heavy atom. The van der Waals surface area contributed by atoms with Gasteiger partial charge in [-0.25, -0.2) is 0 Å². The Balaban J connectivity index is 2.66. The Labute approximate surface area is 73.2 Å². The first-order valence-corrected chi connectivity index (χ1v) is 4.26. The van der Waals surface area contributed by atoms with Crippen LogP contribution in [0.1, 0.15) is 22.3 Å². The van der Waals surface area contributed by atoms with Crippen molar-refractivity contribution in [3.8, 4) is 0 Å². The van der Waals surface area contributed by atoms with Crippen LogP contribution in [-0.4, -0.2) is 0 Å². The van der Waals surface area contributed by atoms with Crippen LogP contribution in [0.15, 0.2) is 25.3 Å². The number of aryl methyl sites for hydroxylation is 1. The second kappa shape index (κ2) is 2.63. The van der Waals surface area contributed by atoms with Gasteiger partial charge in [-0.2, -0.15) is 0 Å². The van der Waals surface area contributed by atoms with Gasteiger partial charge < -0.3 is 0 Å². The smallest absolute Gasteiger partial charge is 0.0155 e. The fourth-order valence-corrected chi connectivity index (χ4v) is 1.76. The highest BCUT2D eigenvalue weighted by Gasteiger charge is 2.16. The van der Waals surface area contributed by atoms with E-state index in [0.717, 1.165) is 0 Å². The molecule has 0 amide bonds. The van der Waals surface area contributed by atoms with E-state index >= 15 is 0 Å². The van der Waals surface area contributed by atoms with Crippen molar-refractivity contribution < 1.29 is 0 Å². The van der Waals surface area contributed by atoms with Crippen molar-refractivity contribution in [2.45, 2.75) is 12.8 Å². The SMILES string of the molecule is C=Cc1ccc2c(c1C=C)CC2. The number of fused-ring (bicyclic) bond motifs is 1. The molecule has 60 valence electrons. The minimum Gasteiger partial charge on any atom is -0.0984 e. The molecule has 1 aromatic rings. The van der Waals surface area contributed by atoms with Gasteiger partial charge in [-0.15, -0.1) is 0 Å². The topological polar surface area (TPSA) is 0 Å². The Kier molecular flexibility index (Phi) is 1.61. The maximum absolute atomic E-state index is 3.83. The zero-order valence-corrected chi connectivity index (χ0v) is 7.14. The lowest BCUT2D eigenvalue weighted by Gasteiger charge is -2.22. The molecule has 1 aromatic carbocycles. The second-order valence-electron chi connectivity index (χ2n) is 3.11. The van der Waals surface area contributed by atoms with Crippen LogP contribution in [-0.2, 0) is 12.8 Å². The molecule has 0 aromatic heterocycles. The first-order chi connectivity index (χ1) is 5.86. The van der Waals surface area contributed by atoms with Gasteiger partial charge in [0, 0.05) is 0 Å². The maximum atomic E-state index is 3.83. The second-order valence-corrected chi connectivity index (χ2v) is 3.11. The molecular weight excluding hydrogens is 144 g/mol. The first-order valence-electron chi connectivity index (χ1n) is 4.26. The van der Waals surface area contributed by atoms with Crippen molar-refractivity contribution in [1.82, 2.24) is 0 Å². The molecule has 0 saturated carbocycles. The highest BCUT2D eigenvalue weighted by atomic mass is 14.2. The van der Waals surface area contributed by atoms with Gasteiger partial charge in [-0.3, -0.25) is 0 Å². The third kappa shape index (κ3) is 0.845. The van der Waals surface area contributed by atoms with Crippen molar-refractivity contribution in [1.29, 1.82) is 0 Å². The van der Waals surface area contributed by atoms with Crippen LogP contribution in [0.4, 0.5) is 0 Å². The van der Waals surface area contributed by atoms with E-state index in [1.165, 1.54) is 35.1 Å². The molecule has 0 N–H and O–H groups in total. The van der Waals surface area contributed by atoms with Crippen molar-refractivity contribution in [2.75, 3.05) is 0 Å². The molecule has 0 heterocycles. The van der Waals surface area contributed by atoms with E-state index in [-0.39, 0.29) is 0 Å². The molecule has 1 aliphatic rings. The van der Waals surface area contributed by atoms with Crippen LogP contribution < -0.4 is 0 Å². The van der Waals surface area contributed by atoms with Crippen LogP contribution in [0, 0.1) is 0 Å². The van der Waals surface area contributed by atoms with Crippen molar-refractivity contribution in [3.63, 3.8) is 0 Å². The Morgan fingerprint density at radius 1 is 1.08 bits per heavy atom. The first kappa shape index (κ1) is 7.35. The molecule has 0 atom stereocenters. The predicted molar refractivity (Wildman–Crippen MR) is 54.0 cm³/mol. The Hall–Kier alpha value is -1.30. The van der Waals surface area contributed by atoms with Crippen LogP contribution in [0.3, 0.4) is 0 Å². The van der Waals surface area contributed by atoms with Gasteiger partial charge in [0.2, 0.25) is 0 Å². The summed E-state index contributed by atoms with van der Waals surface area (Å²) in [5.74, 6) is 0. The van der Waals surface area contributed by atoms with Gasteiger partial charge in [0.05, 0.1) is 0 Å². The van der Waals surface area contributed by atoms with E-state index < -0.39 is 0 Å². The molecule has 0 spiro atoms.